The van der Waals surface area contributed by atoms with Crippen LogP contribution in [-0.2, 0) is 4.79 Å². The fourth-order valence-electron chi connectivity index (χ4n) is 3.11. The molecule has 0 aliphatic carbocycles. The van der Waals surface area contributed by atoms with E-state index in [4.69, 9.17) is 16.6 Å². The number of nitrogens with zero attached hydrogens (tertiary/aromatic N) is 2. The maximum atomic E-state index is 13.3. The van der Waals surface area contributed by atoms with Crippen LogP contribution >= 0.6 is 23.4 Å². The highest BCUT2D eigenvalue weighted by Crippen LogP contribution is 2.39. The Morgan fingerprint density at radius 3 is 2.21 bits per heavy atom. The minimum absolute atomic E-state index is 0.0454. The van der Waals surface area contributed by atoms with Crippen LogP contribution in [0.5, 0.6) is 0 Å². The second-order valence-electron chi connectivity index (χ2n) is 6.65. The number of thioether (sulfide) groups is 1. The van der Waals surface area contributed by atoms with Crippen molar-refractivity contribution in [3.05, 3.63) is 106 Å². The van der Waals surface area contributed by atoms with Gasteiger partial charge in [0.2, 0.25) is 0 Å². The molecule has 4 rings (SSSR count). The first-order valence-corrected chi connectivity index (χ1v) is 10.5. The minimum atomic E-state index is -0.130. The summed E-state index contributed by atoms with van der Waals surface area (Å²) < 4.78 is 0. The maximum absolute atomic E-state index is 13.3. The van der Waals surface area contributed by atoms with E-state index in [-0.39, 0.29) is 11.9 Å². The fraction of sp³-hybridized carbons (Fsp3) is 0.0833. The second-order valence-corrected chi connectivity index (χ2v) is 8.10. The molecule has 3 nitrogen and oxygen atoms in total. The van der Waals surface area contributed by atoms with Gasteiger partial charge in [0.15, 0.2) is 5.17 Å². The molecule has 0 radical (unpaired) electrons. The van der Waals surface area contributed by atoms with Gasteiger partial charge in [-0.1, -0.05) is 72.3 Å². The molecule has 0 saturated carbocycles. The lowest BCUT2D eigenvalue weighted by molar-refractivity contribution is -0.123. The molecule has 1 aliphatic heterocycles. The summed E-state index contributed by atoms with van der Waals surface area (Å²) in [7, 11) is 0. The van der Waals surface area contributed by atoms with E-state index < -0.39 is 0 Å². The van der Waals surface area contributed by atoms with Crippen LogP contribution < -0.4 is 0 Å². The number of hydrogen-bond donors (Lipinski definition) is 0. The number of para-hydroxylation sites is 1. The second kappa shape index (κ2) is 8.68. The van der Waals surface area contributed by atoms with Gasteiger partial charge in [-0.2, -0.15) is 0 Å². The fourth-order valence-corrected chi connectivity index (χ4v) is 4.30. The summed E-state index contributed by atoms with van der Waals surface area (Å²) in [5.74, 6) is -0.0454. The van der Waals surface area contributed by atoms with E-state index >= 15 is 0 Å². The molecule has 3 aromatic rings. The zero-order valence-electron chi connectivity index (χ0n) is 15.8. The van der Waals surface area contributed by atoms with Crippen molar-refractivity contribution in [2.24, 2.45) is 4.99 Å². The Kier molecular flexibility index (Phi) is 5.84. The number of rotatable bonds is 4. The molecule has 1 amide bonds. The Morgan fingerprint density at radius 2 is 1.55 bits per heavy atom. The first kappa shape index (κ1) is 19.5. The monoisotopic (exact) mass is 418 g/mol. The van der Waals surface area contributed by atoms with Crippen molar-refractivity contribution in [3.8, 4) is 0 Å². The summed E-state index contributed by atoms with van der Waals surface area (Å²) in [6, 6.07) is 27.0. The standard InChI is InChI=1S/C24H19ClN2OS/c1-17(19-8-4-2-5-9-19)27-23(28)22(16-18-12-14-20(25)15-13-18)29-24(27)26-21-10-6-3-7-11-21/h2-17H,1H3/b22-16-,26-24?. The van der Waals surface area contributed by atoms with Crippen molar-refractivity contribution < 1.29 is 4.79 Å². The quantitative estimate of drug-likeness (QED) is 0.441. The molecule has 1 atom stereocenters. The van der Waals surface area contributed by atoms with E-state index in [1.54, 1.807) is 4.90 Å². The Balaban J connectivity index is 1.74. The summed E-state index contributed by atoms with van der Waals surface area (Å²) in [6.45, 7) is 2.03. The molecule has 3 aromatic carbocycles. The van der Waals surface area contributed by atoms with Crippen molar-refractivity contribution >= 4 is 46.2 Å². The summed E-state index contributed by atoms with van der Waals surface area (Å²) in [5.41, 5.74) is 2.81. The molecule has 144 valence electrons. The van der Waals surface area contributed by atoms with Crippen LogP contribution in [0.2, 0.25) is 5.02 Å². The molecule has 5 heteroatoms. The first-order chi connectivity index (χ1) is 14.1. The molecule has 1 aliphatic rings. The Labute approximate surface area is 179 Å². The van der Waals surface area contributed by atoms with Crippen LogP contribution in [-0.4, -0.2) is 16.0 Å². The summed E-state index contributed by atoms with van der Waals surface area (Å²) in [5, 5.41) is 1.35. The van der Waals surface area contributed by atoms with Gasteiger partial charge in [0.25, 0.3) is 5.91 Å². The molecule has 1 unspecified atom stereocenters. The summed E-state index contributed by atoms with van der Waals surface area (Å²) in [6.07, 6.45) is 1.89. The van der Waals surface area contributed by atoms with E-state index in [9.17, 15) is 4.79 Å². The minimum Gasteiger partial charge on any atom is -0.279 e. The lowest BCUT2D eigenvalue weighted by Gasteiger charge is -2.24. The average molecular weight is 419 g/mol. The molecule has 0 N–H and O–H groups in total. The molecule has 1 fully saturated rings. The summed E-state index contributed by atoms with van der Waals surface area (Å²) >= 11 is 7.38. The molecule has 0 bridgehead atoms. The van der Waals surface area contributed by atoms with Crippen LogP contribution in [0.1, 0.15) is 24.1 Å². The van der Waals surface area contributed by atoms with Crippen molar-refractivity contribution in [3.63, 3.8) is 0 Å². The van der Waals surface area contributed by atoms with Crippen LogP contribution in [0.3, 0.4) is 0 Å². The number of aliphatic imine (C=N–C) groups is 1. The maximum Gasteiger partial charge on any atom is 0.267 e. The number of amidine groups is 1. The van der Waals surface area contributed by atoms with E-state index in [1.165, 1.54) is 11.8 Å². The average Bonchev–Trinajstić information content (AvgIpc) is 3.05. The number of hydrogen-bond acceptors (Lipinski definition) is 3. The zero-order valence-corrected chi connectivity index (χ0v) is 17.4. The van der Waals surface area contributed by atoms with Crippen LogP contribution in [0.4, 0.5) is 5.69 Å². The van der Waals surface area contributed by atoms with Gasteiger partial charge in [-0.15, -0.1) is 0 Å². The number of amides is 1. The predicted molar refractivity (Wildman–Crippen MR) is 122 cm³/mol. The van der Waals surface area contributed by atoms with Gasteiger partial charge in [-0.05, 0) is 60.2 Å². The van der Waals surface area contributed by atoms with Gasteiger partial charge >= 0.3 is 0 Å². The molecule has 0 aromatic heterocycles. The van der Waals surface area contributed by atoms with E-state index in [0.717, 1.165) is 16.8 Å². The number of carbonyl (C=O) groups is 1. The van der Waals surface area contributed by atoms with Gasteiger partial charge in [-0.3, -0.25) is 9.69 Å². The Bertz CT molecular complexity index is 1060. The molecule has 29 heavy (non-hydrogen) atoms. The van der Waals surface area contributed by atoms with Gasteiger partial charge in [-0.25, -0.2) is 4.99 Å². The Hall–Kier alpha value is -2.82. The van der Waals surface area contributed by atoms with Crippen LogP contribution in [0.15, 0.2) is 94.8 Å². The van der Waals surface area contributed by atoms with Crippen molar-refractivity contribution in [1.82, 2.24) is 4.90 Å². The zero-order chi connectivity index (χ0) is 20.2. The van der Waals surface area contributed by atoms with Crippen LogP contribution in [0, 0.1) is 0 Å². The predicted octanol–water partition coefficient (Wildman–Crippen LogP) is 6.71. The van der Waals surface area contributed by atoms with E-state index in [0.29, 0.717) is 15.1 Å². The third-order valence-corrected chi connectivity index (χ3v) is 5.89. The van der Waals surface area contributed by atoms with Gasteiger partial charge in [0, 0.05) is 5.02 Å². The topological polar surface area (TPSA) is 32.7 Å². The van der Waals surface area contributed by atoms with Gasteiger partial charge in [0.1, 0.15) is 0 Å². The highest BCUT2D eigenvalue weighted by molar-refractivity contribution is 8.18. The largest absolute Gasteiger partial charge is 0.279 e. The van der Waals surface area contributed by atoms with Gasteiger partial charge < -0.3 is 0 Å². The van der Waals surface area contributed by atoms with Crippen molar-refractivity contribution in [1.29, 1.82) is 0 Å². The highest BCUT2D eigenvalue weighted by atomic mass is 35.5. The smallest absolute Gasteiger partial charge is 0.267 e. The highest BCUT2D eigenvalue weighted by Gasteiger charge is 2.37. The lowest BCUT2D eigenvalue weighted by atomic mass is 10.1. The van der Waals surface area contributed by atoms with Crippen LogP contribution in [0.25, 0.3) is 6.08 Å². The SMILES string of the molecule is CC(c1ccccc1)N1C(=O)/C(=C/c2ccc(Cl)cc2)SC1=Nc1ccccc1. The summed E-state index contributed by atoms with van der Waals surface area (Å²) in [4.78, 5) is 20.5. The first-order valence-electron chi connectivity index (χ1n) is 9.29. The molecule has 1 saturated heterocycles. The number of halogens is 1. The lowest BCUT2D eigenvalue weighted by Crippen LogP contribution is -2.32. The third-order valence-electron chi connectivity index (χ3n) is 4.65. The van der Waals surface area contributed by atoms with Gasteiger partial charge in [0.05, 0.1) is 16.6 Å². The molecular formula is C24H19ClN2OS. The van der Waals surface area contributed by atoms with E-state index in [2.05, 4.69) is 0 Å². The van der Waals surface area contributed by atoms with Crippen molar-refractivity contribution in [2.75, 3.05) is 0 Å². The third kappa shape index (κ3) is 4.44. The Morgan fingerprint density at radius 1 is 0.931 bits per heavy atom. The molecular weight excluding hydrogens is 400 g/mol. The van der Waals surface area contributed by atoms with E-state index in [1.807, 2.05) is 97.9 Å². The normalized spacial score (nSPS) is 17.9. The molecule has 1 heterocycles. The van der Waals surface area contributed by atoms with Crippen molar-refractivity contribution in [2.45, 2.75) is 13.0 Å². The number of carbonyl (C=O) groups excluding carboxylic acids is 1. The molecule has 0 spiro atoms. The number of benzene rings is 3.